The van der Waals surface area contributed by atoms with E-state index in [1.807, 2.05) is 0 Å². The van der Waals surface area contributed by atoms with Crippen LogP contribution >= 0.6 is 11.3 Å². The van der Waals surface area contributed by atoms with Crippen molar-refractivity contribution in [3.05, 3.63) is 50.1 Å². The molecule has 2 aromatic rings. The topological polar surface area (TPSA) is 106 Å². The highest BCUT2D eigenvalue weighted by atomic mass is 32.1. The van der Waals surface area contributed by atoms with Gasteiger partial charge in [-0.05, 0) is 25.0 Å². The first-order chi connectivity index (χ1) is 11.1. The molecule has 0 unspecified atom stereocenters. The summed E-state index contributed by atoms with van der Waals surface area (Å²) in [6.45, 7) is 0. The van der Waals surface area contributed by atoms with Crippen molar-refractivity contribution >= 4 is 28.7 Å². The lowest BCUT2D eigenvalue weighted by Gasteiger charge is -2.16. The number of H-pyrrole nitrogens is 1. The highest BCUT2D eigenvalue weighted by molar-refractivity contribution is 7.12. The van der Waals surface area contributed by atoms with Crippen LogP contribution in [0.25, 0.3) is 0 Å². The maximum Gasteiger partial charge on any atom is 0.345 e. The first-order valence-electron chi connectivity index (χ1n) is 7.45. The Balaban J connectivity index is 0.00000208. The lowest BCUT2D eigenvalue weighted by Crippen LogP contribution is -2.24. The van der Waals surface area contributed by atoms with Crippen molar-refractivity contribution in [2.24, 2.45) is 0 Å². The van der Waals surface area contributed by atoms with Crippen LogP contribution in [0.4, 0.5) is 5.69 Å². The SMILES string of the molecule is C.N=C(c1csc(C(=O)O)c1)c1c(NC2CCCC2)cc[nH]c1=O. The molecule has 24 heavy (non-hydrogen) atoms. The number of carbonyl (C=O) groups is 1. The van der Waals surface area contributed by atoms with Gasteiger partial charge in [0.2, 0.25) is 0 Å². The molecule has 0 radical (unpaired) electrons. The Morgan fingerprint density at radius 3 is 2.71 bits per heavy atom. The minimum Gasteiger partial charge on any atom is -0.477 e. The standard InChI is InChI=1S/C16H17N3O3S.CH4/c17-14(9-7-12(16(21)22)23-8-9)13-11(5-6-18-15(13)20)19-10-3-1-2-4-10;/h5-8,10,17H,1-4H2,(H,21,22)(H2,18,19,20);1H4. The van der Waals surface area contributed by atoms with Crippen molar-refractivity contribution in [1.82, 2.24) is 4.98 Å². The van der Waals surface area contributed by atoms with Crippen LogP contribution in [-0.2, 0) is 0 Å². The van der Waals surface area contributed by atoms with Crippen LogP contribution in [0.2, 0.25) is 0 Å². The fraction of sp³-hybridized carbons (Fsp3) is 0.353. The molecule has 0 aromatic carbocycles. The van der Waals surface area contributed by atoms with Crippen molar-refractivity contribution in [3.63, 3.8) is 0 Å². The number of hydrogen-bond acceptors (Lipinski definition) is 5. The van der Waals surface area contributed by atoms with Gasteiger partial charge in [0.25, 0.3) is 5.56 Å². The second-order valence-electron chi connectivity index (χ2n) is 5.60. The molecule has 0 saturated heterocycles. The number of aromatic carboxylic acids is 1. The maximum atomic E-state index is 12.2. The summed E-state index contributed by atoms with van der Waals surface area (Å²) in [7, 11) is 0. The van der Waals surface area contributed by atoms with E-state index in [-0.39, 0.29) is 29.1 Å². The molecule has 6 nitrogen and oxygen atoms in total. The molecule has 7 heteroatoms. The fourth-order valence-corrected chi connectivity index (χ4v) is 3.60. The van der Waals surface area contributed by atoms with Crippen molar-refractivity contribution < 1.29 is 9.90 Å². The number of aromatic nitrogens is 1. The average Bonchev–Trinajstić information content (AvgIpc) is 3.18. The molecule has 4 N–H and O–H groups in total. The molecule has 0 bridgehead atoms. The van der Waals surface area contributed by atoms with Crippen molar-refractivity contribution in [2.75, 3.05) is 5.32 Å². The normalized spacial score (nSPS) is 14.2. The number of aromatic amines is 1. The number of nitrogens with one attached hydrogen (secondary N) is 3. The van der Waals surface area contributed by atoms with Gasteiger partial charge in [0.05, 0.1) is 17.0 Å². The number of pyridine rings is 1. The minimum atomic E-state index is -1.03. The molecule has 1 saturated carbocycles. The van der Waals surface area contributed by atoms with Gasteiger partial charge in [0, 0.05) is 23.2 Å². The third-order valence-electron chi connectivity index (χ3n) is 4.02. The molecule has 2 aromatic heterocycles. The van der Waals surface area contributed by atoms with Gasteiger partial charge >= 0.3 is 5.97 Å². The lowest BCUT2D eigenvalue weighted by molar-refractivity contribution is 0.0702. The van der Waals surface area contributed by atoms with E-state index in [0.717, 1.165) is 24.2 Å². The molecule has 1 aliphatic rings. The second kappa shape index (κ2) is 7.44. The van der Waals surface area contributed by atoms with Crippen LogP contribution in [-0.4, -0.2) is 27.8 Å². The van der Waals surface area contributed by atoms with Gasteiger partial charge in [-0.2, -0.15) is 0 Å². The molecular weight excluding hydrogens is 326 g/mol. The van der Waals surface area contributed by atoms with E-state index in [4.69, 9.17) is 10.5 Å². The Morgan fingerprint density at radius 2 is 2.08 bits per heavy atom. The molecule has 2 heterocycles. The summed E-state index contributed by atoms with van der Waals surface area (Å²) in [6, 6.07) is 3.51. The Hall–Kier alpha value is -2.41. The number of hydrogen-bond donors (Lipinski definition) is 4. The first-order valence-corrected chi connectivity index (χ1v) is 8.33. The number of carboxylic acid groups (broad SMARTS) is 1. The zero-order chi connectivity index (χ0) is 16.4. The zero-order valence-corrected chi connectivity index (χ0v) is 13.2. The largest absolute Gasteiger partial charge is 0.477 e. The minimum absolute atomic E-state index is 0. The van der Waals surface area contributed by atoms with Gasteiger partial charge in [-0.1, -0.05) is 20.3 Å². The monoisotopic (exact) mass is 347 g/mol. The number of rotatable bonds is 5. The molecule has 3 rings (SSSR count). The summed E-state index contributed by atoms with van der Waals surface area (Å²) < 4.78 is 0. The summed E-state index contributed by atoms with van der Waals surface area (Å²) in [5, 5.41) is 22.3. The third-order valence-corrected chi connectivity index (χ3v) is 4.94. The van der Waals surface area contributed by atoms with E-state index in [2.05, 4.69) is 10.3 Å². The predicted molar refractivity (Wildman–Crippen MR) is 96.9 cm³/mol. The molecule has 1 fully saturated rings. The average molecular weight is 347 g/mol. The molecular formula is C17H21N3O3S. The van der Waals surface area contributed by atoms with E-state index in [9.17, 15) is 9.59 Å². The summed E-state index contributed by atoms with van der Waals surface area (Å²) in [5.74, 6) is -1.03. The first kappa shape index (κ1) is 17.9. The van der Waals surface area contributed by atoms with Gasteiger partial charge in [0.15, 0.2) is 0 Å². The van der Waals surface area contributed by atoms with E-state index in [1.165, 1.54) is 18.9 Å². The van der Waals surface area contributed by atoms with Crippen LogP contribution in [0.3, 0.4) is 0 Å². The predicted octanol–water partition coefficient (Wildman–Crippen LogP) is 3.54. The third kappa shape index (κ3) is 3.56. The highest BCUT2D eigenvalue weighted by Crippen LogP contribution is 2.25. The number of anilines is 1. The van der Waals surface area contributed by atoms with Gasteiger partial charge in [-0.25, -0.2) is 4.79 Å². The Kier molecular flexibility index (Phi) is 5.56. The van der Waals surface area contributed by atoms with Crippen molar-refractivity contribution in [2.45, 2.75) is 39.2 Å². The molecule has 0 spiro atoms. The van der Waals surface area contributed by atoms with Crippen LogP contribution in [0.15, 0.2) is 28.5 Å². The summed E-state index contributed by atoms with van der Waals surface area (Å²) in [6.07, 6.45) is 6.01. The lowest BCUT2D eigenvalue weighted by atomic mass is 10.0. The van der Waals surface area contributed by atoms with E-state index in [1.54, 1.807) is 17.6 Å². The fourth-order valence-electron chi connectivity index (χ4n) is 2.86. The Bertz CT molecular complexity index is 803. The van der Waals surface area contributed by atoms with Crippen LogP contribution < -0.4 is 10.9 Å². The molecule has 0 amide bonds. The van der Waals surface area contributed by atoms with E-state index < -0.39 is 5.97 Å². The summed E-state index contributed by atoms with van der Waals surface area (Å²) in [4.78, 5) is 26.0. The molecule has 0 aliphatic heterocycles. The van der Waals surface area contributed by atoms with Crippen LogP contribution in [0, 0.1) is 5.41 Å². The Morgan fingerprint density at radius 1 is 1.38 bits per heavy atom. The van der Waals surface area contributed by atoms with Crippen molar-refractivity contribution in [1.29, 1.82) is 5.41 Å². The van der Waals surface area contributed by atoms with E-state index >= 15 is 0 Å². The van der Waals surface area contributed by atoms with Gasteiger partial charge < -0.3 is 15.4 Å². The smallest absolute Gasteiger partial charge is 0.345 e. The van der Waals surface area contributed by atoms with Gasteiger partial charge in [-0.15, -0.1) is 11.3 Å². The van der Waals surface area contributed by atoms with Gasteiger partial charge in [0.1, 0.15) is 4.88 Å². The molecule has 1 aliphatic carbocycles. The Labute approximate surface area is 144 Å². The number of thiophene rings is 1. The van der Waals surface area contributed by atoms with Gasteiger partial charge in [-0.3, -0.25) is 10.2 Å². The van der Waals surface area contributed by atoms with Crippen molar-refractivity contribution in [3.8, 4) is 0 Å². The zero-order valence-electron chi connectivity index (χ0n) is 12.4. The number of carboxylic acids is 1. The van der Waals surface area contributed by atoms with E-state index in [0.29, 0.717) is 17.3 Å². The van der Waals surface area contributed by atoms with Crippen LogP contribution in [0.1, 0.15) is 53.9 Å². The maximum absolute atomic E-state index is 12.2. The molecule has 128 valence electrons. The molecule has 0 atom stereocenters. The summed E-state index contributed by atoms with van der Waals surface area (Å²) in [5.41, 5.74) is 1.03. The highest BCUT2D eigenvalue weighted by Gasteiger charge is 2.20. The quantitative estimate of drug-likeness (QED) is 0.621. The second-order valence-corrected chi connectivity index (χ2v) is 6.51. The van der Waals surface area contributed by atoms with Crippen LogP contribution in [0.5, 0.6) is 0 Å². The summed E-state index contributed by atoms with van der Waals surface area (Å²) >= 11 is 1.05.